The van der Waals surface area contributed by atoms with Gasteiger partial charge in [0.15, 0.2) is 0 Å². The first-order chi connectivity index (χ1) is 29.3. The number of fused-ring (bicyclic) bond motifs is 2. The van der Waals surface area contributed by atoms with Crippen LogP contribution in [0.1, 0.15) is 206 Å². The molecule has 6 N–H and O–H groups in total. The highest BCUT2D eigenvalue weighted by atomic mass is 16.2. The molecule has 0 aliphatic carbocycles. The average molecular weight is 827 g/mol. The molecule has 334 valence electrons. The fraction of sp³-hybridized carbons (Fsp3) is 0.667. The molecule has 2 amide bonds. The summed E-state index contributed by atoms with van der Waals surface area (Å²) in [5.74, 6) is 2.54. The highest BCUT2D eigenvalue weighted by Crippen LogP contribution is 2.35. The molecule has 2 unspecified atom stereocenters. The zero-order valence-electron chi connectivity index (χ0n) is 37.8. The second-order valence-corrected chi connectivity index (χ2v) is 17.9. The van der Waals surface area contributed by atoms with E-state index < -0.39 is 0 Å². The van der Waals surface area contributed by atoms with Gasteiger partial charge in [0.05, 0.1) is 22.4 Å². The van der Waals surface area contributed by atoms with Crippen LogP contribution in [0.3, 0.4) is 0 Å². The van der Waals surface area contributed by atoms with Crippen LogP contribution >= 0.6 is 0 Å². The lowest BCUT2D eigenvalue weighted by molar-refractivity contribution is -0.117. The van der Waals surface area contributed by atoms with Crippen molar-refractivity contribution in [3.8, 4) is 0 Å². The molecule has 4 rings (SSSR count). The van der Waals surface area contributed by atoms with E-state index in [1.807, 2.05) is 36.4 Å². The summed E-state index contributed by atoms with van der Waals surface area (Å²) in [5.41, 5.74) is 4.69. The van der Waals surface area contributed by atoms with Crippen LogP contribution in [0.4, 0.5) is 22.7 Å². The number of benzene rings is 2. The number of H-pyrrole nitrogens is 2. The summed E-state index contributed by atoms with van der Waals surface area (Å²) in [6.45, 7) is 8.52. The van der Waals surface area contributed by atoms with Crippen molar-refractivity contribution in [3.63, 3.8) is 0 Å². The normalized spacial score (nSPS) is 13.2. The van der Waals surface area contributed by atoms with Crippen molar-refractivity contribution in [2.45, 2.75) is 206 Å². The van der Waals surface area contributed by atoms with Crippen molar-refractivity contribution in [2.24, 2.45) is 11.8 Å². The van der Waals surface area contributed by atoms with Gasteiger partial charge in [-0.05, 0) is 61.1 Å². The summed E-state index contributed by atoms with van der Waals surface area (Å²) >= 11 is 0. The zero-order valence-corrected chi connectivity index (χ0v) is 37.8. The number of carbonyl (C=O) groups excluding carboxylic acids is 2. The van der Waals surface area contributed by atoms with E-state index in [-0.39, 0.29) is 17.5 Å². The molecule has 2 atom stereocenters. The number of anilines is 4. The lowest BCUT2D eigenvalue weighted by atomic mass is 9.78. The summed E-state index contributed by atoms with van der Waals surface area (Å²) in [5, 5.41) is 12.5. The fourth-order valence-electron chi connectivity index (χ4n) is 9.15. The van der Waals surface area contributed by atoms with Crippen molar-refractivity contribution in [3.05, 3.63) is 59.3 Å². The van der Waals surface area contributed by atoms with E-state index in [0.29, 0.717) is 18.4 Å². The number of aromatic amines is 2. The van der Waals surface area contributed by atoms with E-state index in [4.69, 9.17) is 0 Å². The molecule has 1 aromatic heterocycles. The smallest absolute Gasteiger partial charge is 0.323 e. The number of imidazole rings is 1. The van der Waals surface area contributed by atoms with Gasteiger partial charge in [0.2, 0.25) is 11.8 Å². The Morgan fingerprint density at radius 1 is 0.500 bits per heavy atom. The highest BCUT2D eigenvalue weighted by Gasteiger charge is 2.21. The summed E-state index contributed by atoms with van der Waals surface area (Å²) in [4.78, 5) is 42.4. The van der Waals surface area contributed by atoms with E-state index in [1.54, 1.807) is 0 Å². The predicted molar refractivity (Wildman–Crippen MR) is 256 cm³/mol. The Bertz CT molecular complexity index is 1730. The largest absolute Gasteiger partial charge is 0.341 e. The standard InChI is InChI=1S/C51H82N6O3/c1-4-6-8-10-12-16-22-28-41(30-24-18-14-20-26-32-49(58)54-43-34-36-45-47(38-43)53-40(3)52-45)42(29-23-17-13-11-9-7-5-2)31-25-19-15-21-27-33-50(59)55-44-35-37-46-48(39-44)57-51(60)56-46/h34-39,41-42,52-53H,3-33H2,1-2H3,(H,54,58)(H,55,59)(H2,56,57,60). The molecule has 1 aliphatic heterocycles. The minimum absolute atomic E-state index is 0.0367. The molecule has 0 bridgehead atoms. The van der Waals surface area contributed by atoms with Gasteiger partial charge in [-0.15, -0.1) is 0 Å². The predicted octanol–water partition coefficient (Wildman–Crippen LogP) is 14.7. The van der Waals surface area contributed by atoms with E-state index >= 15 is 0 Å². The zero-order chi connectivity index (χ0) is 42.6. The lowest BCUT2D eigenvalue weighted by Crippen LogP contribution is -2.16. The molecule has 2 heterocycles. The first-order valence-electron chi connectivity index (χ1n) is 24.5. The van der Waals surface area contributed by atoms with Gasteiger partial charge in [-0.2, -0.15) is 0 Å². The van der Waals surface area contributed by atoms with Crippen LogP contribution in [0.5, 0.6) is 0 Å². The summed E-state index contributed by atoms with van der Waals surface area (Å²) < 4.78 is 0. The highest BCUT2D eigenvalue weighted by molar-refractivity contribution is 5.93. The molecule has 0 saturated carbocycles. The van der Waals surface area contributed by atoms with Crippen molar-refractivity contribution in [1.29, 1.82) is 0 Å². The minimum Gasteiger partial charge on any atom is -0.341 e. The third-order valence-electron chi connectivity index (χ3n) is 12.7. The van der Waals surface area contributed by atoms with Gasteiger partial charge in [-0.25, -0.2) is 4.79 Å². The summed E-state index contributed by atoms with van der Waals surface area (Å²) in [6, 6.07) is 11.3. The maximum Gasteiger partial charge on any atom is 0.323 e. The van der Waals surface area contributed by atoms with Gasteiger partial charge < -0.3 is 31.2 Å². The number of hydrogen-bond acceptors (Lipinski definition) is 5. The van der Waals surface area contributed by atoms with Gasteiger partial charge in [0, 0.05) is 24.2 Å². The van der Waals surface area contributed by atoms with E-state index in [9.17, 15) is 14.4 Å². The average Bonchev–Trinajstić information content (AvgIpc) is 3.80. The molecule has 60 heavy (non-hydrogen) atoms. The molecule has 1 aliphatic rings. The van der Waals surface area contributed by atoms with Crippen LogP contribution in [0.2, 0.25) is 0 Å². The number of amides is 2. The Hall–Kier alpha value is -4.01. The van der Waals surface area contributed by atoms with Crippen LogP contribution in [-0.4, -0.2) is 21.8 Å². The third-order valence-corrected chi connectivity index (χ3v) is 12.7. The number of aromatic nitrogens is 2. The van der Waals surface area contributed by atoms with E-state index in [1.165, 1.54) is 154 Å². The lowest BCUT2D eigenvalue weighted by Gasteiger charge is -2.28. The second kappa shape index (κ2) is 29.3. The van der Waals surface area contributed by atoms with Crippen molar-refractivity contribution in [2.75, 3.05) is 21.3 Å². The molecule has 3 aromatic rings. The first-order valence-corrected chi connectivity index (χ1v) is 24.5. The summed E-state index contributed by atoms with van der Waals surface area (Å²) in [7, 11) is 0. The van der Waals surface area contributed by atoms with Crippen LogP contribution in [0, 0.1) is 11.8 Å². The number of unbranched alkanes of at least 4 members (excludes halogenated alkanes) is 20. The molecule has 9 nitrogen and oxygen atoms in total. The van der Waals surface area contributed by atoms with Gasteiger partial charge in [-0.3, -0.25) is 9.59 Å². The Labute approximate surface area is 362 Å². The fourth-order valence-corrected chi connectivity index (χ4v) is 9.15. The quantitative estimate of drug-likeness (QED) is 0.0329. The Morgan fingerprint density at radius 2 is 0.900 bits per heavy atom. The molecule has 0 fully saturated rings. The van der Waals surface area contributed by atoms with Gasteiger partial charge >= 0.3 is 5.69 Å². The Balaban J connectivity index is 1.18. The van der Waals surface area contributed by atoms with Gasteiger partial charge in [-0.1, -0.05) is 187 Å². The van der Waals surface area contributed by atoms with Crippen molar-refractivity contribution in [1.82, 2.24) is 9.97 Å². The molecule has 0 radical (unpaired) electrons. The van der Waals surface area contributed by atoms with Gasteiger partial charge in [0.1, 0.15) is 5.82 Å². The van der Waals surface area contributed by atoms with E-state index in [2.05, 4.69) is 51.7 Å². The number of rotatable bonds is 35. The topological polar surface area (TPSA) is 131 Å². The molecule has 0 saturated heterocycles. The molecular weight excluding hydrogens is 745 g/mol. The Morgan fingerprint density at radius 3 is 1.40 bits per heavy atom. The number of hydrogen-bond donors (Lipinski definition) is 6. The first kappa shape index (κ1) is 48.7. The maximum atomic E-state index is 12.7. The monoisotopic (exact) mass is 827 g/mol. The van der Waals surface area contributed by atoms with Crippen LogP contribution in [-0.2, 0) is 9.59 Å². The SMILES string of the molecule is C=C1Nc2ccc(NC(=O)CCCCCCCC(CCCCCCCCC)C(CCCCCCCCC)CCCCCCCC(=O)Nc3ccc4[nH]c(=O)[nH]c4c3)cc2N1. The second-order valence-electron chi connectivity index (χ2n) is 17.9. The summed E-state index contributed by atoms with van der Waals surface area (Å²) in [6.07, 6.45) is 37.4. The minimum atomic E-state index is -0.237. The van der Waals surface area contributed by atoms with Crippen molar-refractivity contribution >= 4 is 45.6 Å². The molecule has 0 spiro atoms. The third kappa shape index (κ3) is 19.6. The number of carbonyl (C=O) groups is 2. The van der Waals surface area contributed by atoms with Crippen LogP contribution in [0.25, 0.3) is 11.0 Å². The maximum absolute atomic E-state index is 12.7. The molecule has 2 aromatic carbocycles. The Kier molecular flexibility index (Phi) is 23.7. The molecular formula is C51H82N6O3. The van der Waals surface area contributed by atoms with Crippen LogP contribution < -0.4 is 27.0 Å². The van der Waals surface area contributed by atoms with Crippen LogP contribution in [0.15, 0.2) is 53.6 Å². The number of nitrogens with one attached hydrogen (secondary N) is 6. The molecule has 9 heteroatoms. The van der Waals surface area contributed by atoms with Crippen molar-refractivity contribution < 1.29 is 9.59 Å². The van der Waals surface area contributed by atoms with E-state index in [0.717, 1.165) is 71.6 Å². The van der Waals surface area contributed by atoms with Gasteiger partial charge in [0.25, 0.3) is 0 Å².